The van der Waals surface area contributed by atoms with E-state index in [0.717, 1.165) is 33.2 Å². The third-order valence-corrected chi connectivity index (χ3v) is 6.45. The van der Waals surface area contributed by atoms with Gasteiger partial charge in [0.25, 0.3) is 0 Å². The Labute approximate surface area is 204 Å². The second kappa shape index (κ2) is 10.8. The standard InChI is InChI=1S/C28H28N4OS/c1-3-23(20-12-16-22(17-13-20)31-27(29)26-9-6-18-34-26)28(33)32-25-8-5-4-7-24(25)30-21-14-10-19(2)11-15-21/h4-18,23,30H,3H2,1-2H3,(H2,29,31)(H,32,33). The molecule has 0 saturated carbocycles. The van der Waals surface area contributed by atoms with Gasteiger partial charge in [-0.05, 0) is 66.8 Å². The zero-order chi connectivity index (χ0) is 23.9. The first-order valence-electron chi connectivity index (χ1n) is 11.2. The molecule has 0 aliphatic heterocycles. The summed E-state index contributed by atoms with van der Waals surface area (Å²) in [5, 5.41) is 8.48. The molecule has 172 valence electrons. The van der Waals surface area contributed by atoms with E-state index < -0.39 is 0 Å². The molecule has 6 heteroatoms. The van der Waals surface area contributed by atoms with Crippen molar-refractivity contribution in [2.45, 2.75) is 26.2 Å². The van der Waals surface area contributed by atoms with Crippen molar-refractivity contribution in [1.82, 2.24) is 0 Å². The maximum absolute atomic E-state index is 13.2. The first-order valence-corrected chi connectivity index (χ1v) is 12.1. The number of amidine groups is 1. The number of benzene rings is 3. The molecule has 1 atom stereocenters. The molecule has 0 fully saturated rings. The Morgan fingerprint density at radius 3 is 2.29 bits per heavy atom. The summed E-state index contributed by atoms with van der Waals surface area (Å²) in [5.74, 6) is 0.167. The van der Waals surface area contributed by atoms with Gasteiger partial charge in [0.1, 0.15) is 5.84 Å². The summed E-state index contributed by atoms with van der Waals surface area (Å²) < 4.78 is 0. The van der Waals surface area contributed by atoms with Crippen LogP contribution in [0.4, 0.5) is 22.7 Å². The Morgan fingerprint density at radius 2 is 1.65 bits per heavy atom. The molecular formula is C28H28N4OS. The van der Waals surface area contributed by atoms with E-state index in [1.807, 2.05) is 85.1 Å². The largest absolute Gasteiger partial charge is 0.383 e. The lowest BCUT2D eigenvalue weighted by Gasteiger charge is -2.18. The number of aliphatic imine (C=N–C) groups is 1. The Bertz CT molecular complexity index is 1260. The summed E-state index contributed by atoms with van der Waals surface area (Å²) in [4.78, 5) is 18.7. The average Bonchev–Trinajstić information content (AvgIpc) is 3.39. The SMILES string of the molecule is CCC(C(=O)Nc1ccccc1Nc1ccc(C)cc1)c1ccc(N=C(N)c2cccs2)cc1. The van der Waals surface area contributed by atoms with Gasteiger partial charge in [-0.3, -0.25) is 4.79 Å². The molecule has 3 aromatic carbocycles. The van der Waals surface area contributed by atoms with Crippen LogP contribution in [-0.2, 0) is 4.79 Å². The third kappa shape index (κ3) is 5.71. The second-order valence-corrected chi connectivity index (χ2v) is 9.00. The summed E-state index contributed by atoms with van der Waals surface area (Å²) in [5.41, 5.74) is 11.6. The van der Waals surface area contributed by atoms with Crippen molar-refractivity contribution in [1.29, 1.82) is 0 Å². The van der Waals surface area contributed by atoms with Crippen LogP contribution in [0.5, 0.6) is 0 Å². The number of nitrogens with two attached hydrogens (primary N) is 1. The van der Waals surface area contributed by atoms with Gasteiger partial charge in [-0.25, -0.2) is 4.99 Å². The van der Waals surface area contributed by atoms with Gasteiger partial charge in [0.2, 0.25) is 5.91 Å². The lowest BCUT2D eigenvalue weighted by Crippen LogP contribution is -2.21. The Morgan fingerprint density at radius 1 is 0.941 bits per heavy atom. The van der Waals surface area contributed by atoms with Crippen molar-refractivity contribution < 1.29 is 4.79 Å². The first kappa shape index (κ1) is 23.3. The van der Waals surface area contributed by atoms with Crippen LogP contribution in [0.15, 0.2) is 95.3 Å². The number of nitrogens with zero attached hydrogens (tertiary/aromatic N) is 1. The molecule has 0 bridgehead atoms. The average molecular weight is 469 g/mol. The van der Waals surface area contributed by atoms with Crippen LogP contribution in [-0.4, -0.2) is 11.7 Å². The highest BCUT2D eigenvalue weighted by molar-refractivity contribution is 7.12. The highest BCUT2D eigenvalue weighted by atomic mass is 32.1. The molecule has 0 radical (unpaired) electrons. The van der Waals surface area contributed by atoms with Crippen LogP contribution in [0, 0.1) is 6.92 Å². The Hall–Kier alpha value is -3.90. The second-order valence-electron chi connectivity index (χ2n) is 8.05. The van der Waals surface area contributed by atoms with Gasteiger partial charge >= 0.3 is 0 Å². The number of aryl methyl sites for hydroxylation is 1. The number of thiophene rings is 1. The molecule has 1 aromatic heterocycles. The van der Waals surface area contributed by atoms with Crippen molar-refractivity contribution in [2.24, 2.45) is 10.7 Å². The minimum Gasteiger partial charge on any atom is -0.383 e. The van der Waals surface area contributed by atoms with Crippen LogP contribution < -0.4 is 16.4 Å². The summed E-state index contributed by atoms with van der Waals surface area (Å²) in [6, 6.07) is 27.5. The highest BCUT2D eigenvalue weighted by Gasteiger charge is 2.20. The predicted molar refractivity (Wildman–Crippen MR) is 144 cm³/mol. The van der Waals surface area contributed by atoms with E-state index >= 15 is 0 Å². The minimum atomic E-state index is -0.278. The molecule has 4 rings (SSSR count). The Balaban J connectivity index is 1.48. The van der Waals surface area contributed by atoms with Crippen molar-refractivity contribution in [2.75, 3.05) is 10.6 Å². The minimum absolute atomic E-state index is 0.0463. The maximum Gasteiger partial charge on any atom is 0.231 e. The molecule has 0 saturated heterocycles. The van der Waals surface area contributed by atoms with E-state index in [2.05, 4.69) is 34.7 Å². The van der Waals surface area contributed by atoms with E-state index in [-0.39, 0.29) is 11.8 Å². The molecule has 1 amide bonds. The van der Waals surface area contributed by atoms with Crippen LogP contribution in [0.25, 0.3) is 0 Å². The number of amides is 1. The van der Waals surface area contributed by atoms with Gasteiger partial charge in [0, 0.05) is 5.69 Å². The van der Waals surface area contributed by atoms with Crippen molar-refractivity contribution in [3.05, 3.63) is 106 Å². The van der Waals surface area contributed by atoms with Crippen LogP contribution in [0.2, 0.25) is 0 Å². The van der Waals surface area contributed by atoms with Gasteiger partial charge in [-0.2, -0.15) is 0 Å². The summed E-state index contributed by atoms with van der Waals surface area (Å²) in [7, 11) is 0. The fourth-order valence-corrected chi connectivity index (χ4v) is 4.31. The number of carbonyl (C=O) groups excluding carboxylic acids is 1. The molecule has 1 unspecified atom stereocenters. The number of carbonyl (C=O) groups is 1. The molecule has 0 spiro atoms. The molecule has 0 aliphatic carbocycles. The summed E-state index contributed by atoms with van der Waals surface area (Å²) in [6.07, 6.45) is 0.680. The molecule has 0 aliphatic rings. The van der Waals surface area contributed by atoms with Crippen LogP contribution in [0.3, 0.4) is 0 Å². The number of rotatable bonds is 8. The fraction of sp³-hybridized carbons (Fsp3) is 0.143. The summed E-state index contributed by atoms with van der Waals surface area (Å²) in [6.45, 7) is 4.07. The summed E-state index contributed by atoms with van der Waals surface area (Å²) >= 11 is 1.55. The predicted octanol–water partition coefficient (Wildman–Crippen LogP) is 6.97. The zero-order valence-corrected chi connectivity index (χ0v) is 20.1. The van der Waals surface area contributed by atoms with Gasteiger partial charge < -0.3 is 16.4 Å². The van der Waals surface area contributed by atoms with E-state index in [1.54, 1.807) is 11.3 Å². The molecule has 5 nitrogen and oxygen atoms in total. The first-order chi connectivity index (χ1) is 16.5. The smallest absolute Gasteiger partial charge is 0.231 e. The van der Waals surface area contributed by atoms with E-state index in [4.69, 9.17) is 5.73 Å². The van der Waals surface area contributed by atoms with Gasteiger partial charge in [0.15, 0.2) is 0 Å². The normalized spacial score (nSPS) is 12.2. The molecular weight excluding hydrogens is 440 g/mol. The van der Waals surface area contributed by atoms with E-state index in [1.165, 1.54) is 5.56 Å². The quantitative estimate of drug-likeness (QED) is 0.193. The van der Waals surface area contributed by atoms with Crippen molar-refractivity contribution >= 4 is 45.8 Å². The number of anilines is 3. The van der Waals surface area contributed by atoms with Crippen molar-refractivity contribution in [3.63, 3.8) is 0 Å². The highest BCUT2D eigenvalue weighted by Crippen LogP contribution is 2.29. The number of hydrogen-bond donors (Lipinski definition) is 3. The zero-order valence-electron chi connectivity index (χ0n) is 19.3. The molecule has 4 N–H and O–H groups in total. The van der Waals surface area contributed by atoms with Gasteiger partial charge in [-0.15, -0.1) is 11.3 Å². The third-order valence-electron chi connectivity index (χ3n) is 5.56. The maximum atomic E-state index is 13.2. The monoisotopic (exact) mass is 468 g/mol. The van der Waals surface area contributed by atoms with Crippen LogP contribution in [0.1, 0.15) is 35.3 Å². The lowest BCUT2D eigenvalue weighted by atomic mass is 9.95. The molecule has 1 heterocycles. The van der Waals surface area contributed by atoms with E-state index in [0.29, 0.717) is 12.3 Å². The lowest BCUT2D eigenvalue weighted by molar-refractivity contribution is -0.117. The van der Waals surface area contributed by atoms with E-state index in [9.17, 15) is 4.79 Å². The topological polar surface area (TPSA) is 79.5 Å². The Kier molecular flexibility index (Phi) is 7.40. The fourth-order valence-electron chi connectivity index (χ4n) is 3.69. The van der Waals surface area contributed by atoms with Crippen LogP contribution >= 0.6 is 11.3 Å². The number of hydrogen-bond acceptors (Lipinski definition) is 4. The van der Waals surface area contributed by atoms with Crippen molar-refractivity contribution in [3.8, 4) is 0 Å². The molecule has 34 heavy (non-hydrogen) atoms. The number of para-hydroxylation sites is 2. The molecule has 4 aromatic rings. The van der Waals surface area contributed by atoms with Gasteiger partial charge in [-0.1, -0.05) is 55.0 Å². The van der Waals surface area contributed by atoms with Gasteiger partial charge in [0.05, 0.1) is 27.9 Å². The number of nitrogens with one attached hydrogen (secondary N) is 2.